The first-order valence-corrected chi connectivity index (χ1v) is 6.79. The van der Waals surface area contributed by atoms with Gasteiger partial charge in [0, 0.05) is 0 Å². The van der Waals surface area contributed by atoms with Crippen molar-refractivity contribution in [3.8, 4) is 0 Å². The van der Waals surface area contributed by atoms with Crippen molar-refractivity contribution in [2.45, 2.75) is 27.2 Å². The average molecular weight is 427 g/mol. The number of carbonyl (C=O) groups is 1. The molecule has 0 saturated heterocycles. The Hall–Kier alpha value is -2.62. The summed E-state index contributed by atoms with van der Waals surface area (Å²) in [6, 6.07) is 0. The molecule has 0 atom stereocenters. The topological polar surface area (TPSA) is 173 Å². The van der Waals surface area contributed by atoms with Crippen molar-refractivity contribution >= 4 is 18.5 Å². The first kappa shape index (κ1) is 32.1. The largest absolute Gasteiger partial charge is 0.453 e. The molecule has 2 aromatic rings. The quantitative estimate of drug-likeness (QED) is 0.411. The molecule has 17 heteroatoms. The van der Waals surface area contributed by atoms with Gasteiger partial charge in [0.2, 0.25) is 11.6 Å². The van der Waals surface area contributed by atoms with E-state index in [-0.39, 0.29) is 24.1 Å². The Labute approximate surface area is 158 Å². The van der Waals surface area contributed by atoms with Crippen LogP contribution in [-0.2, 0) is 18.1 Å². The minimum atomic E-state index is -0.882. The number of rotatable bonds is 3. The third kappa shape index (κ3) is 25.7. The maximum absolute atomic E-state index is 11.4. The SMILES string of the molecule is CC.COC(=O)NCF.Cl.FCc1nn[nH]n1.FCc1nn[nH]n1.NCF. The summed E-state index contributed by atoms with van der Waals surface area (Å²) in [6.07, 6.45) is -0.748. The van der Waals surface area contributed by atoms with E-state index in [2.05, 4.69) is 51.7 Å². The highest BCUT2D eigenvalue weighted by atomic mass is 35.5. The number of tetrazole rings is 2. The Morgan fingerprint density at radius 1 is 1.04 bits per heavy atom. The summed E-state index contributed by atoms with van der Waals surface area (Å²) < 4.78 is 47.8. The Bertz CT molecular complexity index is 446. The number of hydrogen-bond donors (Lipinski definition) is 4. The molecule has 0 aliphatic rings. The van der Waals surface area contributed by atoms with Crippen molar-refractivity contribution in [1.29, 1.82) is 0 Å². The number of halogens is 5. The van der Waals surface area contributed by atoms with Gasteiger partial charge in [0.1, 0.15) is 6.80 Å². The third-order valence-electron chi connectivity index (χ3n) is 1.41. The number of hydrogen-bond acceptors (Lipinski definition) is 9. The zero-order valence-electron chi connectivity index (χ0n) is 14.8. The number of nitrogens with two attached hydrogens (primary N) is 1. The van der Waals surface area contributed by atoms with Crippen LogP contribution in [0.1, 0.15) is 25.5 Å². The van der Waals surface area contributed by atoms with Crippen LogP contribution in [0, 0.1) is 0 Å². The summed E-state index contributed by atoms with van der Waals surface area (Å²) >= 11 is 0. The van der Waals surface area contributed by atoms with Gasteiger partial charge < -0.3 is 10.5 Å². The van der Waals surface area contributed by atoms with Gasteiger partial charge in [0.05, 0.1) is 7.11 Å². The monoisotopic (exact) mass is 426 g/mol. The van der Waals surface area contributed by atoms with E-state index in [4.69, 9.17) is 0 Å². The van der Waals surface area contributed by atoms with Gasteiger partial charge in [-0.3, -0.25) is 5.32 Å². The molecule has 0 bridgehead atoms. The normalized spacial score (nSPS) is 7.70. The van der Waals surface area contributed by atoms with Crippen molar-refractivity contribution in [3.63, 3.8) is 0 Å². The predicted molar refractivity (Wildman–Crippen MR) is 88.3 cm³/mol. The molecule has 0 spiro atoms. The van der Waals surface area contributed by atoms with Gasteiger partial charge in [0.25, 0.3) is 0 Å². The molecule has 2 heterocycles. The maximum Gasteiger partial charge on any atom is 0.408 e. The third-order valence-corrected chi connectivity index (χ3v) is 1.41. The zero-order chi connectivity index (χ0) is 20.6. The molecule has 1 amide bonds. The molecular formula is C10H23ClF4N10O2. The molecule has 0 aliphatic carbocycles. The number of carbonyl (C=O) groups excluding carboxylic acids is 1. The van der Waals surface area contributed by atoms with Crippen LogP contribution in [0.15, 0.2) is 0 Å². The number of aromatic nitrogens is 8. The number of methoxy groups -OCH3 is 1. The van der Waals surface area contributed by atoms with E-state index in [1.165, 1.54) is 7.11 Å². The first-order chi connectivity index (χ1) is 12.6. The Balaban J connectivity index is -0.000000129. The van der Waals surface area contributed by atoms with Crippen LogP contribution >= 0.6 is 12.4 Å². The van der Waals surface area contributed by atoms with Crippen molar-refractivity contribution < 1.29 is 27.1 Å². The van der Waals surface area contributed by atoms with Crippen molar-refractivity contribution in [2.24, 2.45) is 5.73 Å². The molecule has 0 radical (unpaired) electrons. The summed E-state index contributed by atoms with van der Waals surface area (Å²) in [6.45, 7) is 1.06. The minimum absolute atomic E-state index is 0. The van der Waals surface area contributed by atoms with E-state index < -0.39 is 33.0 Å². The van der Waals surface area contributed by atoms with Gasteiger partial charge in [-0.1, -0.05) is 24.3 Å². The van der Waals surface area contributed by atoms with E-state index in [0.29, 0.717) is 0 Å². The first-order valence-electron chi connectivity index (χ1n) is 6.79. The lowest BCUT2D eigenvalue weighted by molar-refractivity contribution is 0.166. The molecule has 0 fully saturated rings. The molecule has 2 rings (SSSR count). The summed E-state index contributed by atoms with van der Waals surface area (Å²) in [5.74, 6) is 0.194. The summed E-state index contributed by atoms with van der Waals surface area (Å²) in [5.41, 5.74) is 4.18. The molecule has 2 aromatic heterocycles. The highest BCUT2D eigenvalue weighted by Gasteiger charge is 1.92. The second kappa shape index (κ2) is 28.2. The standard InChI is InChI=1S/C3H6FNO2.2C2H3FN4.C2H6.CH4FN.ClH/c1-7-3(6)5-2-4;2*3-1-2-4-6-7-5-2;1-2;2-1-3;/h2H2,1H3,(H,5,6);2*1H2,(H,4,5,6,7);1-2H3;1,3H2;1H. The molecule has 160 valence electrons. The second-order valence-corrected chi connectivity index (χ2v) is 2.88. The number of ether oxygens (including phenoxy) is 1. The highest BCUT2D eigenvalue weighted by molar-refractivity contribution is 5.85. The van der Waals surface area contributed by atoms with Gasteiger partial charge >= 0.3 is 6.09 Å². The second-order valence-electron chi connectivity index (χ2n) is 2.88. The van der Waals surface area contributed by atoms with Gasteiger partial charge in [-0.05, 0) is 0 Å². The number of alkyl halides is 4. The van der Waals surface area contributed by atoms with Gasteiger partial charge in [-0.2, -0.15) is 10.4 Å². The van der Waals surface area contributed by atoms with E-state index in [0.717, 1.165) is 0 Å². The Kier molecular flexibility index (Phi) is 33.5. The summed E-state index contributed by atoms with van der Waals surface area (Å²) in [5, 5.41) is 25.5. The lowest BCUT2D eigenvalue weighted by Crippen LogP contribution is -2.21. The highest BCUT2D eigenvalue weighted by Crippen LogP contribution is 1.83. The van der Waals surface area contributed by atoms with Crippen LogP contribution in [0.2, 0.25) is 0 Å². The molecular weight excluding hydrogens is 404 g/mol. The van der Waals surface area contributed by atoms with Crippen molar-refractivity contribution in [1.82, 2.24) is 46.6 Å². The van der Waals surface area contributed by atoms with Gasteiger partial charge in [-0.15, -0.1) is 32.8 Å². The smallest absolute Gasteiger partial charge is 0.408 e. The van der Waals surface area contributed by atoms with Crippen LogP contribution in [0.3, 0.4) is 0 Å². The van der Waals surface area contributed by atoms with E-state index in [1.54, 1.807) is 5.32 Å². The van der Waals surface area contributed by atoms with Gasteiger partial charge in [-0.25, -0.2) is 22.4 Å². The fourth-order valence-corrected chi connectivity index (χ4v) is 0.605. The van der Waals surface area contributed by atoms with E-state index >= 15 is 0 Å². The number of H-pyrrole nitrogens is 2. The Morgan fingerprint density at radius 2 is 1.41 bits per heavy atom. The summed E-state index contributed by atoms with van der Waals surface area (Å²) in [4.78, 5) is 9.84. The lowest BCUT2D eigenvalue weighted by Gasteiger charge is -1.93. The molecule has 5 N–H and O–H groups in total. The molecule has 12 nitrogen and oxygen atoms in total. The van der Waals surface area contributed by atoms with E-state index in [1.807, 2.05) is 13.8 Å². The molecule has 0 aromatic carbocycles. The van der Waals surface area contributed by atoms with Crippen LogP contribution in [0.5, 0.6) is 0 Å². The minimum Gasteiger partial charge on any atom is -0.453 e. The predicted octanol–water partition coefficient (Wildman–Crippen LogP) is 0.928. The van der Waals surface area contributed by atoms with Gasteiger partial charge in [0.15, 0.2) is 20.1 Å². The zero-order valence-corrected chi connectivity index (χ0v) is 15.6. The van der Waals surface area contributed by atoms with Crippen LogP contribution in [-0.4, -0.2) is 68.0 Å². The number of nitrogens with one attached hydrogen (secondary N) is 3. The molecule has 0 saturated carbocycles. The molecule has 0 aliphatic heterocycles. The number of nitrogens with zero attached hydrogens (tertiary/aromatic N) is 6. The van der Waals surface area contributed by atoms with Crippen LogP contribution < -0.4 is 11.1 Å². The van der Waals surface area contributed by atoms with Crippen molar-refractivity contribution in [2.75, 3.05) is 20.7 Å². The van der Waals surface area contributed by atoms with Crippen LogP contribution in [0.25, 0.3) is 0 Å². The Morgan fingerprint density at radius 3 is 1.52 bits per heavy atom. The fourth-order valence-electron chi connectivity index (χ4n) is 0.605. The number of aromatic amines is 2. The fraction of sp³-hybridized carbons (Fsp3) is 0.700. The van der Waals surface area contributed by atoms with Crippen molar-refractivity contribution in [3.05, 3.63) is 11.6 Å². The maximum atomic E-state index is 11.4. The van der Waals surface area contributed by atoms with E-state index in [9.17, 15) is 22.4 Å². The molecule has 0 unspecified atom stereocenters. The average Bonchev–Trinajstić information content (AvgIpc) is 3.38. The summed E-state index contributed by atoms with van der Waals surface area (Å²) in [7, 11) is 1.17. The molecule has 27 heavy (non-hydrogen) atoms. The number of amides is 1. The lowest BCUT2D eigenvalue weighted by atomic mass is 10.7. The number of alkyl carbamates (subject to hydrolysis) is 1. The van der Waals surface area contributed by atoms with Crippen LogP contribution in [0.4, 0.5) is 22.4 Å².